The molecule has 6 nitrogen and oxygen atoms in total. The lowest BCUT2D eigenvalue weighted by Gasteiger charge is -2.39. The summed E-state index contributed by atoms with van der Waals surface area (Å²) in [7, 11) is 2.12. The average molecular weight is 668 g/mol. The van der Waals surface area contributed by atoms with Crippen LogP contribution in [0.15, 0.2) is 103 Å². The molecule has 0 radical (unpaired) electrons. The normalized spacial score (nSPS) is 19.3. The van der Waals surface area contributed by atoms with E-state index in [4.69, 9.17) is 44.3 Å². The van der Waals surface area contributed by atoms with Gasteiger partial charge in [-0.3, -0.25) is 9.69 Å². The van der Waals surface area contributed by atoms with Gasteiger partial charge in [0.1, 0.15) is 0 Å². The molecule has 45 heavy (non-hydrogen) atoms. The first kappa shape index (κ1) is 33.4. The number of hydrogen-bond donors (Lipinski definition) is 2. The van der Waals surface area contributed by atoms with Crippen LogP contribution in [0.1, 0.15) is 59.6 Å². The van der Waals surface area contributed by atoms with Crippen molar-refractivity contribution >= 4 is 40.7 Å². The number of aliphatic hydroxyl groups is 1. The van der Waals surface area contributed by atoms with Crippen molar-refractivity contribution in [1.82, 2.24) is 10.2 Å². The van der Waals surface area contributed by atoms with Crippen LogP contribution >= 0.6 is 34.8 Å². The zero-order valence-electron chi connectivity index (χ0n) is 25.2. The number of halogens is 3. The summed E-state index contributed by atoms with van der Waals surface area (Å²) >= 11 is 17.1. The van der Waals surface area contributed by atoms with Crippen LogP contribution in [0.2, 0.25) is 0 Å². The lowest BCUT2D eigenvalue weighted by atomic mass is 9.98. The number of likely N-dealkylation sites (N-methyl/N-ethyl adjacent to an activating group) is 1. The molecule has 1 saturated heterocycles. The van der Waals surface area contributed by atoms with Crippen LogP contribution in [0.4, 0.5) is 0 Å². The zero-order chi connectivity index (χ0) is 32.0. The van der Waals surface area contributed by atoms with Gasteiger partial charge in [-0.1, -0.05) is 126 Å². The average Bonchev–Trinajstić information content (AvgIpc) is 3.06. The molecule has 0 spiro atoms. The van der Waals surface area contributed by atoms with Gasteiger partial charge in [0.15, 0.2) is 6.29 Å². The van der Waals surface area contributed by atoms with E-state index in [-0.39, 0.29) is 31.4 Å². The molecule has 0 aromatic heterocycles. The number of nitrogens with zero attached hydrogens (tertiary/aromatic N) is 1. The number of rotatable bonds is 10. The van der Waals surface area contributed by atoms with E-state index in [1.54, 1.807) is 0 Å². The highest BCUT2D eigenvalue weighted by atomic mass is 35.6. The van der Waals surface area contributed by atoms with Gasteiger partial charge in [0, 0.05) is 31.1 Å². The van der Waals surface area contributed by atoms with Crippen LogP contribution in [0.5, 0.6) is 0 Å². The second kappa shape index (κ2) is 15.1. The lowest BCUT2D eigenvalue weighted by molar-refractivity contribution is -0.253. The minimum Gasteiger partial charge on any atom is -0.392 e. The number of carbonyl (C=O) groups is 1. The smallest absolute Gasteiger partial charge is 0.272 e. The quantitative estimate of drug-likeness (QED) is 0.168. The number of ether oxygens (including phenoxy) is 2. The summed E-state index contributed by atoms with van der Waals surface area (Å²) < 4.78 is 11.2. The number of aliphatic hydroxyl groups excluding tert-OH is 1. The van der Waals surface area contributed by atoms with Crippen LogP contribution in [-0.2, 0) is 27.4 Å². The molecule has 1 amide bonds. The van der Waals surface area contributed by atoms with Gasteiger partial charge >= 0.3 is 0 Å². The SMILES string of the molecule is C[C@@H](c1ccccc1)N(C)C[C@@H]1C[C@H](c2ccc(CO)cc2)O[C@H](c2cccc(-c3cccc(CNC(=O)C(Cl)(Cl)Cl)c3)c2)O1. The third-order valence-electron chi connectivity index (χ3n) is 8.18. The molecule has 1 aliphatic heterocycles. The van der Waals surface area contributed by atoms with Crippen LogP contribution < -0.4 is 5.32 Å². The van der Waals surface area contributed by atoms with Gasteiger partial charge in [-0.15, -0.1) is 0 Å². The van der Waals surface area contributed by atoms with E-state index in [1.165, 1.54) is 5.56 Å². The highest BCUT2D eigenvalue weighted by molar-refractivity contribution is 6.76. The van der Waals surface area contributed by atoms with E-state index in [2.05, 4.69) is 54.5 Å². The molecule has 4 aromatic carbocycles. The van der Waals surface area contributed by atoms with Gasteiger partial charge in [0.05, 0.1) is 18.8 Å². The molecule has 236 valence electrons. The second-order valence-corrected chi connectivity index (χ2v) is 13.7. The summed E-state index contributed by atoms with van der Waals surface area (Å²) in [4.78, 5) is 14.3. The minimum absolute atomic E-state index is 0.00436. The van der Waals surface area contributed by atoms with E-state index in [0.29, 0.717) is 6.42 Å². The molecule has 0 bridgehead atoms. The summed E-state index contributed by atoms with van der Waals surface area (Å²) in [5.74, 6) is -0.676. The van der Waals surface area contributed by atoms with Gasteiger partial charge in [0.25, 0.3) is 9.70 Å². The fourth-order valence-corrected chi connectivity index (χ4v) is 5.71. The van der Waals surface area contributed by atoms with E-state index >= 15 is 0 Å². The summed E-state index contributed by atoms with van der Waals surface area (Å²) in [6.45, 7) is 3.15. The minimum atomic E-state index is -2.02. The van der Waals surface area contributed by atoms with Gasteiger partial charge in [-0.25, -0.2) is 0 Å². The number of alkyl halides is 3. The monoisotopic (exact) mass is 666 g/mol. The Labute approximate surface area is 279 Å². The Kier molecular flexibility index (Phi) is 11.2. The highest BCUT2D eigenvalue weighted by Gasteiger charge is 2.34. The van der Waals surface area contributed by atoms with Gasteiger partial charge < -0.3 is 19.9 Å². The third-order valence-corrected chi connectivity index (χ3v) is 8.69. The van der Waals surface area contributed by atoms with Gasteiger partial charge in [-0.05, 0) is 59.5 Å². The van der Waals surface area contributed by atoms with Crippen LogP contribution in [-0.4, -0.2) is 39.4 Å². The molecule has 5 rings (SSSR count). The Morgan fingerprint density at radius 1 is 0.889 bits per heavy atom. The molecule has 1 heterocycles. The molecule has 1 fully saturated rings. The van der Waals surface area contributed by atoms with Crippen molar-refractivity contribution in [3.8, 4) is 11.1 Å². The summed E-state index contributed by atoms with van der Waals surface area (Å²) in [5.41, 5.74) is 6.88. The number of hydrogen-bond acceptors (Lipinski definition) is 5. The fourth-order valence-electron chi connectivity index (χ4n) is 5.51. The molecule has 0 aliphatic carbocycles. The van der Waals surface area contributed by atoms with E-state index < -0.39 is 16.0 Å². The van der Waals surface area contributed by atoms with Crippen molar-refractivity contribution in [1.29, 1.82) is 0 Å². The van der Waals surface area contributed by atoms with Gasteiger partial charge in [0.2, 0.25) is 0 Å². The Morgan fingerprint density at radius 3 is 2.27 bits per heavy atom. The summed E-state index contributed by atoms with van der Waals surface area (Å²) in [5, 5.41) is 12.2. The van der Waals surface area contributed by atoms with E-state index in [1.807, 2.05) is 72.8 Å². The lowest BCUT2D eigenvalue weighted by Crippen LogP contribution is -2.38. The second-order valence-electron chi connectivity index (χ2n) is 11.4. The molecule has 9 heteroatoms. The van der Waals surface area contributed by atoms with E-state index in [0.717, 1.165) is 39.9 Å². The highest BCUT2D eigenvalue weighted by Crippen LogP contribution is 2.39. The molecule has 0 unspecified atom stereocenters. The van der Waals surface area contributed by atoms with Crippen LogP contribution in [0, 0.1) is 0 Å². The molecule has 4 atom stereocenters. The predicted octanol–water partition coefficient (Wildman–Crippen LogP) is 8.07. The van der Waals surface area contributed by atoms with Gasteiger partial charge in [-0.2, -0.15) is 0 Å². The summed E-state index contributed by atoms with van der Waals surface area (Å²) in [6.07, 6.45) is -0.160. The largest absolute Gasteiger partial charge is 0.392 e. The molecule has 0 saturated carbocycles. The van der Waals surface area contributed by atoms with Crippen molar-refractivity contribution in [2.45, 2.75) is 54.8 Å². The first-order valence-corrected chi connectivity index (χ1v) is 16.0. The zero-order valence-corrected chi connectivity index (χ0v) is 27.5. The Bertz CT molecular complexity index is 1560. The summed E-state index contributed by atoms with van der Waals surface area (Å²) in [6, 6.07) is 34.6. The first-order chi connectivity index (χ1) is 21.6. The maximum atomic E-state index is 12.0. The van der Waals surface area contributed by atoms with E-state index in [9.17, 15) is 9.90 Å². The molecule has 1 aliphatic rings. The maximum absolute atomic E-state index is 12.0. The maximum Gasteiger partial charge on any atom is 0.272 e. The Morgan fingerprint density at radius 2 is 1.58 bits per heavy atom. The standard InChI is InChI=1S/C36H37Cl3N2O4/c1-24(27-9-4-3-5-10-27)41(2)22-32-20-33(28-16-14-25(23-42)15-17-28)45-34(44-32)31-13-7-12-30(19-31)29-11-6-8-26(18-29)21-40-35(43)36(37,38)39/h3-19,24,32-34,42H,20-23H2,1-2H3,(H,40,43)/t24-,32-,33+,34+/m0/s1. The van der Waals surface area contributed by atoms with Crippen molar-refractivity contribution in [3.63, 3.8) is 0 Å². The Hall–Kier alpha value is -2.94. The molecular weight excluding hydrogens is 631 g/mol. The Balaban J connectivity index is 1.37. The molecule has 4 aromatic rings. The third kappa shape index (κ3) is 8.87. The fraction of sp³-hybridized carbons (Fsp3) is 0.306. The van der Waals surface area contributed by atoms with Crippen molar-refractivity contribution in [3.05, 3.63) is 131 Å². The topological polar surface area (TPSA) is 71.0 Å². The van der Waals surface area contributed by atoms with Crippen molar-refractivity contribution in [2.24, 2.45) is 0 Å². The predicted molar refractivity (Wildman–Crippen MR) is 180 cm³/mol. The number of nitrogens with one attached hydrogen (secondary N) is 1. The van der Waals surface area contributed by atoms with Crippen molar-refractivity contribution in [2.75, 3.05) is 13.6 Å². The number of carbonyl (C=O) groups excluding carboxylic acids is 1. The number of amides is 1. The van der Waals surface area contributed by atoms with Crippen molar-refractivity contribution < 1.29 is 19.4 Å². The number of benzene rings is 4. The molecule has 2 N–H and O–H groups in total. The van der Waals surface area contributed by atoms with Crippen LogP contribution in [0.3, 0.4) is 0 Å². The first-order valence-electron chi connectivity index (χ1n) is 14.9. The molecular formula is C36H37Cl3N2O4. The van der Waals surface area contributed by atoms with Crippen LogP contribution in [0.25, 0.3) is 11.1 Å².